The minimum atomic E-state index is -0.139. The van der Waals surface area contributed by atoms with Gasteiger partial charge in [-0.2, -0.15) is 0 Å². The monoisotopic (exact) mass is 308 g/mol. The number of hydrogen-bond acceptors (Lipinski definition) is 4. The number of amides is 1. The summed E-state index contributed by atoms with van der Waals surface area (Å²) in [5.74, 6) is 0.953. The quantitative estimate of drug-likeness (QED) is 0.720. The number of ether oxygens (including phenoxy) is 1. The number of furan rings is 1. The highest BCUT2D eigenvalue weighted by molar-refractivity contribution is 5.96. The molecule has 0 unspecified atom stereocenters. The van der Waals surface area contributed by atoms with E-state index in [0.29, 0.717) is 23.6 Å². The number of nitrogens with zero attached hydrogens (tertiary/aromatic N) is 2. The molecule has 2 aromatic heterocycles. The lowest BCUT2D eigenvalue weighted by molar-refractivity contribution is 0.0782. The van der Waals surface area contributed by atoms with E-state index in [-0.39, 0.29) is 5.91 Å². The summed E-state index contributed by atoms with van der Waals surface area (Å²) in [5.41, 5.74) is 1.40. The summed E-state index contributed by atoms with van der Waals surface area (Å²) in [6.07, 6.45) is 6.34. The predicted molar refractivity (Wildman–Crippen MR) is 85.3 cm³/mol. The lowest BCUT2D eigenvalue weighted by Gasteiger charge is -2.18. The van der Waals surface area contributed by atoms with Crippen LogP contribution in [0.1, 0.15) is 15.9 Å². The fourth-order valence-corrected chi connectivity index (χ4v) is 2.19. The highest BCUT2D eigenvalue weighted by atomic mass is 16.5. The van der Waals surface area contributed by atoms with Gasteiger partial charge in [-0.25, -0.2) is 0 Å². The fraction of sp³-hybridized carbons (Fsp3) is 0.111. The van der Waals surface area contributed by atoms with Gasteiger partial charge >= 0.3 is 0 Å². The largest absolute Gasteiger partial charge is 0.472 e. The van der Waals surface area contributed by atoms with Crippen molar-refractivity contribution in [1.29, 1.82) is 0 Å². The Morgan fingerprint density at radius 1 is 1.22 bits per heavy atom. The van der Waals surface area contributed by atoms with Gasteiger partial charge in [0, 0.05) is 25.4 Å². The minimum absolute atomic E-state index is 0.139. The zero-order chi connectivity index (χ0) is 16.1. The van der Waals surface area contributed by atoms with Gasteiger partial charge in [0.25, 0.3) is 5.91 Å². The molecule has 5 heteroatoms. The maximum Gasteiger partial charge on any atom is 0.257 e. The van der Waals surface area contributed by atoms with Gasteiger partial charge in [-0.1, -0.05) is 18.2 Å². The third-order valence-corrected chi connectivity index (χ3v) is 3.33. The smallest absolute Gasteiger partial charge is 0.257 e. The van der Waals surface area contributed by atoms with Crippen LogP contribution in [-0.4, -0.2) is 22.8 Å². The molecule has 3 aromatic rings. The summed E-state index contributed by atoms with van der Waals surface area (Å²) in [7, 11) is 1.74. The summed E-state index contributed by atoms with van der Waals surface area (Å²) in [5, 5.41) is 0. The Morgan fingerprint density at radius 3 is 2.78 bits per heavy atom. The molecule has 23 heavy (non-hydrogen) atoms. The Hall–Kier alpha value is -3.08. The van der Waals surface area contributed by atoms with Crippen molar-refractivity contribution in [3.8, 4) is 11.5 Å². The van der Waals surface area contributed by atoms with Crippen LogP contribution < -0.4 is 4.74 Å². The van der Waals surface area contributed by atoms with Gasteiger partial charge in [-0.15, -0.1) is 0 Å². The van der Waals surface area contributed by atoms with Crippen LogP contribution in [0.2, 0.25) is 0 Å². The second-order valence-corrected chi connectivity index (χ2v) is 5.08. The van der Waals surface area contributed by atoms with Crippen LogP contribution in [0.15, 0.2) is 71.8 Å². The molecule has 0 saturated carbocycles. The SMILES string of the molecule is CN(Cc1ccoc1)C(=O)c1ccncc1Oc1ccccc1. The first kappa shape index (κ1) is 14.8. The molecule has 0 atom stereocenters. The highest BCUT2D eigenvalue weighted by Crippen LogP contribution is 2.25. The van der Waals surface area contributed by atoms with Crippen LogP contribution in [0.3, 0.4) is 0 Å². The van der Waals surface area contributed by atoms with Crippen molar-refractivity contribution in [2.75, 3.05) is 7.05 Å². The van der Waals surface area contributed by atoms with Gasteiger partial charge in [0.2, 0.25) is 0 Å². The number of rotatable bonds is 5. The third kappa shape index (κ3) is 3.58. The number of pyridine rings is 1. The van der Waals surface area contributed by atoms with Crippen molar-refractivity contribution in [1.82, 2.24) is 9.88 Å². The maximum absolute atomic E-state index is 12.7. The first-order chi connectivity index (χ1) is 11.2. The molecular formula is C18H16N2O3. The summed E-state index contributed by atoms with van der Waals surface area (Å²) >= 11 is 0. The Kier molecular flexibility index (Phi) is 4.38. The fourth-order valence-electron chi connectivity index (χ4n) is 2.19. The minimum Gasteiger partial charge on any atom is -0.472 e. The standard InChI is InChI=1S/C18H16N2O3/c1-20(12-14-8-10-22-13-14)18(21)16-7-9-19-11-17(16)23-15-5-3-2-4-6-15/h2-11,13H,12H2,1H3. The predicted octanol–water partition coefficient (Wildman–Crippen LogP) is 3.74. The molecular weight excluding hydrogens is 292 g/mol. The lowest BCUT2D eigenvalue weighted by atomic mass is 10.2. The van der Waals surface area contributed by atoms with Crippen molar-refractivity contribution in [2.45, 2.75) is 6.54 Å². The zero-order valence-electron chi connectivity index (χ0n) is 12.7. The van der Waals surface area contributed by atoms with E-state index >= 15 is 0 Å². The molecule has 0 radical (unpaired) electrons. The van der Waals surface area contributed by atoms with E-state index in [1.165, 1.54) is 0 Å². The molecule has 0 spiro atoms. The van der Waals surface area contributed by atoms with Gasteiger partial charge in [0.05, 0.1) is 24.3 Å². The number of para-hydroxylation sites is 1. The Balaban J connectivity index is 1.80. The first-order valence-electron chi connectivity index (χ1n) is 7.17. The first-order valence-corrected chi connectivity index (χ1v) is 7.17. The van der Waals surface area contributed by atoms with Crippen LogP contribution in [-0.2, 0) is 6.54 Å². The van der Waals surface area contributed by atoms with Gasteiger partial charge < -0.3 is 14.1 Å². The Bertz CT molecular complexity index is 770. The normalized spacial score (nSPS) is 10.3. The van der Waals surface area contributed by atoms with Crippen molar-refractivity contribution < 1.29 is 13.9 Å². The number of aromatic nitrogens is 1. The van der Waals surface area contributed by atoms with Gasteiger partial charge in [0.1, 0.15) is 5.75 Å². The second kappa shape index (κ2) is 6.79. The molecule has 116 valence electrons. The molecule has 0 saturated heterocycles. The molecule has 0 fully saturated rings. The molecule has 3 rings (SSSR count). The van der Waals surface area contributed by atoms with E-state index in [1.54, 1.807) is 42.9 Å². The molecule has 5 nitrogen and oxygen atoms in total. The topological polar surface area (TPSA) is 55.6 Å². The molecule has 1 amide bonds. The second-order valence-electron chi connectivity index (χ2n) is 5.08. The molecule has 1 aromatic carbocycles. The van der Waals surface area contributed by atoms with Gasteiger partial charge in [-0.3, -0.25) is 9.78 Å². The van der Waals surface area contributed by atoms with E-state index in [1.807, 2.05) is 36.4 Å². The van der Waals surface area contributed by atoms with Crippen LogP contribution >= 0.6 is 0 Å². The maximum atomic E-state index is 12.7. The molecule has 2 heterocycles. The summed E-state index contributed by atoms with van der Waals surface area (Å²) < 4.78 is 10.8. The van der Waals surface area contributed by atoms with Crippen molar-refractivity contribution in [3.63, 3.8) is 0 Å². The van der Waals surface area contributed by atoms with E-state index in [0.717, 1.165) is 5.56 Å². The van der Waals surface area contributed by atoms with Gasteiger partial charge in [0.15, 0.2) is 5.75 Å². The summed E-state index contributed by atoms with van der Waals surface area (Å²) in [6.45, 7) is 0.461. The highest BCUT2D eigenvalue weighted by Gasteiger charge is 2.18. The number of hydrogen-bond donors (Lipinski definition) is 0. The average molecular weight is 308 g/mol. The third-order valence-electron chi connectivity index (χ3n) is 3.33. The van der Waals surface area contributed by atoms with Crippen molar-refractivity contribution >= 4 is 5.91 Å². The molecule has 0 aliphatic carbocycles. The van der Waals surface area contributed by atoms with Crippen molar-refractivity contribution in [3.05, 3.63) is 78.5 Å². The Labute approximate surface area is 134 Å². The molecule has 0 aliphatic rings. The van der Waals surface area contributed by atoms with Crippen molar-refractivity contribution in [2.24, 2.45) is 0 Å². The van der Waals surface area contributed by atoms with Crippen LogP contribution in [0.5, 0.6) is 11.5 Å². The number of carbonyl (C=O) groups is 1. The zero-order valence-corrected chi connectivity index (χ0v) is 12.7. The summed E-state index contributed by atoms with van der Waals surface area (Å²) in [4.78, 5) is 18.3. The Morgan fingerprint density at radius 2 is 2.04 bits per heavy atom. The number of carbonyl (C=O) groups excluding carboxylic acids is 1. The van der Waals surface area contributed by atoms with Crippen LogP contribution in [0.25, 0.3) is 0 Å². The van der Waals surface area contributed by atoms with E-state index in [2.05, 4.69) is 4.98 Å². The van der Waals surface area contributed by atoms with Crippen LogP contribution in [0.4, 0.5) is 0 Å². The van der Waals surface area contributed by atoms with Gasteiger partial charge in [-0.05, 0) is 24.3 Å². The van der Waals surface area contributed by atoms with E-state index in [4.69, 9.17) is 9.15 Å². The molecule has 0 N–H and O–H groups in total. The molecule has 0 aliphatic heterocycles. The van der Waals surface area contributed by atoms with E-state index < -0.39 is 0 Å². The lowest BCUT2D eigenvalue weighted by Crippen LogP contribution is -2.26. The average Bonchev–Trinajstić information content (AvgIpc) is 3.08. The number of benzene rings is 1. The van der Waals surface area contributed by atoms with Crippen LogP contribution in [0, 0.1) is 0 Å². The molecule has 0 bridgehead atoms. The van der Waals surface area contributed by atoms with E-state index in [9.17, 15) is 4.79 Å². The summed E-state index contributed by atoms with van der Waals surface area (Å²) in [6, 6.07) is 12.8.